The molecule has 1 fully saturated rings. The number of benzene rings is 1. The second kappa shape index (κ2) is 5.34. The number of rotatable bonds is 2. The fourth-order valence-corrected chi connectivity index (χ4v) is 2.62. The summed E-state index contributed by atoms with van der Waals surface area (Å²) in [6.07, 6.45) is 1.78. The topological polar surface area (TPSA) is 77.2 Å². The highest BCUT2D eigenvalue weighted by Gasteiger charge is 2.30. The number of morpholine rings is 1. The van der Waals surface area contributed by atoms with Crippen LogP contribution in [0, 0.1) is 6.92 Å². The van der Waals surface area contributed by atoms with Crippen LogP contribution in [-0.2, 0) is 4.74 Å². The summed E-state index contributed by atoms with van der Waals surface area (Å²) in [5.74, 6) is 1.96. The molecule has 0 unspecified atom stereocenters. The number of anilines is 1. The van der Waals surface area contributed by atoms with Gasteiger partial charge < -0.3 is 14.2 Å². The SMILES string of the molecule is Cc1noc([C@@H]2COCCN2c2cnc3ccccc3n2)n1. The van der Waals surface area contributed by atoms with Crippen LogP contribution in [0.2, 0.25) is 0 Å². The molecule has 112 valence electrons. The highest BCUT2D eigenvalue weighted by molar-refractivity contribution is 5.75. The van der Waals surface area contributed by atoms with E-state index in [1.54, 1.807) is 13.1 Å². The number of ether oxygens (including phenoxy) is 1. The number of para-hydroxylation sites is 2. The first kappa shape index (κ1) is 13.1. The maximum atomic E-state index is 5.57. The van der Waals surface area contributed by atoms with Crippen LogP contribution in [0.15, 0.2) is 35.0 Å². The van der Waals surface area contributed by atoms with Crippen LogP contribution in [0.5, 0.6) is 0 Å². The summed E-state index contributed by atoms with van der Waals surface area (Å²) in [7, 11) is 0. The summed E-state index contributed by atoms with van der Waals surface area (Å²) in [6, 6.07) is 7.68. The lowest BCUT2D eigenvalue weighted by atomic mass is 10.2. The molecule has 1 atom stereocenters. The number of hydrogen-bond donors (Lipinski definition) is 0. The molecule has 0 spiro atoms. The molecule has 22 heavy (non-hydrogen) atoms. The van der Waals surface area contributed by atoms with E-state index in [0.717, 1.165) is 16.9 Å². The summed E-state index contributed by atoms with van der Waals surface area (Å²) in [6.45, 7) is 3.64. The Hall–Kier alpha value is -2.54. The normalized spacial score (nSPS) is 18.8. The van der Waals surface area contributed by atoms with Gasteiger partial charge in [0.05, 0.1) is 30.4 Å². The van der Waals surface area contributed by atoms with E-state index in [4.69, 9.17) is 14.2 Å². The van der Waals surface area contributed by atoms with Crippen molar-refractivity contribution in [3.63, 3.8) is 0 Å². The Balaban J connectivity index is 1.73. The molecule has 0 amide bonds. The van der Waals surface area contributed by atoms with E-state index in [1.165, 1.54) is 0 Å². The Morgan fingerprint density at radius 1 is 1.18 bits per heavy atom. The smallest absolute Gasteiger partial charge is 0.251 e. The van der Waals surface area contributed by atoms with E-state index in [9.17, 15) is 0 Å². The van der Waals surface area contributed by atoms with Crippen molar-refractivity contribution in [3.8, 4) is 0 Å². The summed E-state index contributed by atoms with van der Waals surface area (Å²) < 4.78 is 10.9. The van der Waals surface area contributed by atoms with E-state index in [0.29, 0.717) is 31.5 Å². The van der Waals surface area contributed by atoms with Crippen molar-refractivity contribution in [1.82, 2.24) is 20.1 Å². The van der Waals surface area contributed by atoms with Crippen LogP contribution in [0.1, 0.15) is 17.8 Å². The van der Waals surface area contributed by atoms with Gasteiger partial charge in [-0.3, -0.25) is 4.98 Å². The first-order valence-electron chi connectivity index (χ1n) is 7.17. The standard InChI is InChI=1S/C15H15N5O2/c1-10-17-15(22-19-10)13-9-21-7-6-20(13)14-8-16-11-4-2-3-5-12(11)18-14/h2-5,8,13H,6-7,9H2,1H3/t13-/m0/s1. The molecule has 3 heterocycles. The highest BCUT2D eigenvalue weighted by atomic mass is 16.5. The van der Waals surface area contributed by atoms with Gasteiger partial charge in [0.15, 0.2) is 5.82 Å². The molecule has 0 saturated carbocycles. The second-order valence-electron chi connectivity index (χ2n) is 5.18. The summed E-state index contributed by atoms with van der Waals surface area (Å²) in [4.78, 5) is 15.6. The number of fused-ring (bicyclic) bond motifs is 1. The molecule has 7 nitrogen and oxygen atoms in total. The molecule has 0 N–H and O–H groups in total. The van der Waals surface area contributed by atoms with Crippen molar-refractivity contribution in [3.05, 3.63) is 42.2 Å². The van der Waals surface area contributed by atoms with Crippen LogP contribution in [0.4, 0.5) is 5.82 Å². The van der Waals surface area contributed by atoms with Crippen molar-refractivity contribution < 1.29 is 9.26 Å². The Morgan fingerprint density at radius 2 is 2.05 bits per heavy atom. The zero-order valence-electron chi connectivity index (χ0n) is 12.1. The lowest BCUT2D eigenvalue weighted by Gasteiger charge is -2.34. The zero-order chi connectivity index (χ0) is 14.9. The number of hydrogen-bond acceptors (Lipinski definition) is 7. The quantitative estimate of drug-likeness (QED) is 0.715. The average Bonchev–Trinajstić information content (AvgIpc) is 3.01. The van der Waals surface area contributed by atoms with Gasteiger partial charge in [0.25, 0.3) is 5.89 Å². The molecule has 7 heteroatoms. The molecule has 4 rings (SSSR count). The zero-order valence-corrected chi connectivity index (χ0v) is 12.1. The Labute approximate surface area is 126 Å². The molecule has 1 aromatic carbocycles. The van der Waals surface area contributed by atoms with Crippen LogP contribution >= 0.6 is 0 Å². The highest BCUT2D eigenvalue weighted by Crippen LogP contribution is 2.28. The van der Waals surface area contributed by atoms with Gasteiger partial charge in [-0.15, -0.1) is 0 Å². The third-order valence-corrected chi connectivity index (χ3v) is 3.69. The third kappa shape index (κ3) is 2.29. The van der Waals surface area contributed by atoms with Crippen molar-refractivity contribution in [2.45, 2.75) is 13.0 Å². The monoisotopic (exact) mass is 297 g/mol. The molecule has 0 aliphatic carbocycles. The van der Waals surface area contributed by atoms with Gasteiger partial charge in [-0.1, -0.05) is 17.3 Å². The molecule has 1 saturated heterocycles. The van der Waals surface area contributed by atoms with Gasteiger partial charge in [-0.25, -0.2) is 4.98 Å². The minimum atomic E-state index is -0.134. The summed E-state index contributed by atoms with van der Waals surface area (Å²) >= 11 is 0. The summed E-state index contributed by atoms with van der Waals surface area (Å²) in [5, 5.41) is 3.87. The Bertz CT molecular complexity index is 803. The third-order valence-electron chi connectivity index (χ3n) is 3.69. The van der Waals surface area contributed by atoms with Crippen LogP contribution in [0.25, 0.3) is 11.0 Å². The van der Waals surface area contributed by atoms with E-state index in [2.05, 4.69) is 20.0 Å². The predicted octanol–water partition coefficient (Wildman–Crippen LogP) is 1.90. The lowest BCUT2D eigenvalue weighted by molar-refractivity contribution is 0.0834. The van der Waals surface area contributed by atoms with Crippen molar-refractivity contribution in [1.29, 1.82) is 0 Å². The van der Waals surface area contributed by atoms with E-state index >= 15 is 0 Å². The van der Waals surface area contributed by atoms with Crippen molar-refractivity contribution in [2.24, 2.45) is 0 Å². The molecular formula is C15H15N5O2. The van der Waals surface area contributed by atoms with Gasteiger partial charge in [0.2, 0.25) is 0 Å². The Kier molecular flexibility index (Phi) is 3.19. The van der Waals surface area contributed by atoms with Crippen molar-refractivity contribution >= 4 is 16.9 Å². The van der Waals surface area contributed by atoms with Gasteiger partial charge in [-0.05, 0) is 19.1 Å². The van der Waals surface area contributed by atoms with E-state index < -0.39 is 0 Å². The minimum absolute atomic E-state index is 0.134. The van der Waals surface area contributed by atoms with Gasteiger partial charge in [0, 0.05) is 6.54 Å². The fraction of sp³-hybridized carbons (Fsp3) is 0.333. The van der Waals surface area contributed by atoms with Crippen molar-refractivity contribution in [2.75, 3.05) is 24.7 Å². The minimum Gasteiger partial charge on any atom is -0.377 e. The molecule has 2 aromatic heterocycles. The van der Waals surface area contributed by atoms with Crippen LogP contribution in [0.3, 0.4) is 0 Å². The first-order chi connectivity index (χ1) is 10.8. The maximum absolute atomic E-state index is 5.57. The van der Waals surface area contributed by atoms with E-state index in [-0.39, 0.29) is 6.04 Å². The molecule has 0 bridgehead atoms. The predicted molar refractivity (Wildman–Crippen MR) is 79.5 cm³/mol. The van der Waals surface area contributed by atoms with Crippen LogP contribution < -0.4 is 4.90 Å². The number of nitrogens with zero attached hydrogens (tertiary/aromatic N) is 5. The fourth-order valence-electron chi connectivity index (χ4n) is 2.62. The molecule has 1 aliphatic rings. The van der Waals surface area contributed by atoms with Gasteiger partial charge in [-0.2, -0.15) is 4.98 Å². The van der Waals surface area contributed by atoms with Crippen LogP contribution in [-0.4, -0.2) is 39.9 Å². The average molecular weight is 297 g/mol. The first-order valence-corrected chi connectivity index (χ1v) is 7.17. The molecule has 3 aromatic rings. The Morgan fingerprint density at radius 3 is 2.86 bits per heavy atom. The molecule has 0 radical (unpaired) electrons. The van der Waals surface area contributed by atoms with E-state index in [1.807, 2.05) is 24.3 Å². The number of aromatic nitrogens is 4. The maximum Gasteiger partial charge on any atom is 0.251 e. The largest absolute Gasteiger partial charge is 0.377 e. The number of aryl methyl sites for hydroxylation is 1. The molecule has 1 aliphatic heterocycles. The second-order valence-corrected chi connectivity index (χ2v) is 5.18. The summed E-state index contributed by atoms with van der Waals surface area (Å²) in [5.41, 5.74) is 1.75. The van der Waals surface area contributed by atoms with Gasteiger partial charge in [0.1, 0.15) is 11.9 Å². The molecular weight excluding hydrogens is 282 g/mol. The van der Waals surface area contributed by atoms with Gasteiger partial charge >= 0.3 is 0 Å². The lowest BCUT2D eigenvalue weighted by Crippen LogP contribution is -2.40.